The van der Waals surface area contributed by atoms with E-state index in [1.807, 2.05) is 0 Å². The summed E-state index contributed by atoms with van der Waals surface area (Å²) in [5.74, 6) is -0.399. The maximum absolute atomic E-state index is 12.2. The van der Waals surface area contributed by atoms with Gasteiger partial charge >= 0.3 is 5.97 Å². The van der Waals surface area contributed by atoms with E-state index in [2.05, 4.69) is 9.82 Å². The molecule has 8 nitrogen and oxygen atoms in total. The fourth-order valence-electron chi connectivity index (χ4n) is 1.86. The zero-order valence-electron chi connectivity index (χ0n) is 12.1. The van der Waals surface area contributed by atoms with E-state index in [4.69, 9.17) is 5.11 Å². The lowest BCUT2D eigenvalue weighted by molar-refractivity contribution is -0.137. The molecular formula is C11H19N3O5S2. The summed E-state index contributed by atoms with van der Waals surface area (Å²) in [6.45, 7) is 4.43. The molecule has 10 heteroatoms. The van der Waals surface area contributed by atoms with Crippen molar-refractivity contribution in [1.29, 1.82) is 0 Å². The van der Waals surface area contributed by atoms with Crippen molar-refractivity contribution in [3.8, 4) is 0 Å². The molecule has 1 atom stereocenters. The van der Waals surface area contributed by atoms with E-state index in [-0.39, 0.29) is 28.6 Å². The Morgan fingerprint density at radius 1 is 1.43 bits per heavy atom. The summed E-state index contributed by atoms with van der Waals surface area (Å²) in [7, 11) is -4.86. The van der Waals surface area contributed by atoms with Crippen molar-refractivity contribution in [3.63, 3.8) is 0 Å². The predicted molar refractivity (Wildman–Crippen MR) is 78.1 cm³/mol. The number of nitrogens with zero attached hydrogens (tertiary/aromatic N) is 2. The Kier molecular flexibility index (Phi) is 6.05. The molecule has 0 spiro atoms. The molecule has 0 aromatic carbocycles. The fraction of sp³-hybridized carbons (Fsp3) is 0.636. The number of carbonyl (C=O) groups is 1. The normalized spacial score (nSPS) is 13.3. The summed E-state index contributed by atoms with van der Waals surface area (Å²) in [6.07, 6.45) is 0. The van der Waals surface area contributed by atoms with E-state index >= 15 is 0 Å². The van der Waals surface area contributed by atoms with Gasteiger partial charge in [-0.15, -0.1) is 0 Å². The van der Waals surface area contributed by atoms with Crippen molar-refractivity contribution in [2.24, 2.45) is 0 Å². The second-order valence-corrected chi connectivity index (χ2v) is 7.95. The Morgan fingerprint density at radius 3 is 2.57 bits per heavy atom. The van der Waals surface area contributed by atoms with E-state index < -0.39 is 33.3 Å². The number of aliphatic carboxylic acids is 1. The van der Waals surface area contributed by atoms with Crippen LogP contribution in [0, 0.1) is 13.8 Å². The zero-order chi connectivity index (χ0) is 16.2. The topological polar surface area (TPSA) is 118 Å². The first kappa shape index (κ1) is 17.8. The minimum absolute atomic E-state index is 0.0222. The van der Waals surface area contributed by atoms with Crippen LogP contribution < -0.4 is 4.72 Å². The lowest BCUT2D eigenvalue weighted by atomic mass is 10.4. The number of hydrogen-bond donors (Lipinski definition) is 2. The summed E-state index contributed by atoms with van der Waals surface area (Å²) in [5.41, 5.74) is 0.497. The Bertz CT molecular complexity index is 651. The third-order valence-electron chi connectivity index (χ3n) is 2.81. The molecule has 0 radical (unpaired) electrons. The summed E-state index contributed by atoms with van der Waals surface area (Å²) >= 11 is 0. The summed E-state index contributed by atoms with van der Waals surface area (Å²) in [6, 6.07) is 0. The van der Waals surface area contributed by atoms with Crippen LogP contribution in [-0.4, -0.2) is 51.5 Å². The van der Waals surface area contributed by atoms with Crippen molar-refractivity contribution in [2.45, 2.75) is 32.2 Å². The monoisotopic (exact) mass is 337 g/mol. The van der Waals surface area contributed by atoms with Crippen LogP contribution in [0.2, 0.25) is 0 Å². The maximum atomic E-state index is 12.2. The van der Waals surface area contributed by atoms with Crippen LogP contribution in [0.5, 0.6) is 0 Å². The van der Waals surface area contributed by atoms with Crippen molar-refractivity contribution in [3.05, 3.63) is 11.4 Å². The number of carboxylic acid groups (broad SMARTS) is 1. The number of aryl methyl sites for hydroxylation is 1. The highest BCUT2D eigenvalue weighted by Crippen LogP contribution is 2.18. The quantitative estimate of drug-likeness (QED) is 0.668. The number of rotatable bonds is 8. The Morgan fingerprint density at radius 2 is 2.05 bits per heavy atom. The van der Waals surface area contributed by atoms with Crippen molar-refractivity contribution in [2.75, 3.05) is 18.1 Å². The number of carboxylic acids is 1. The second-order valence-electron chi connectivity index (χ2n) is 4.38. The Labute approximate surface area is 126 Å². The van der Waals surface area contributed by atoms with E-state index in [1.54, 1.807) is 6.92 Å². The minimum atomic E-state index is -3.80. The lowest BCUT2D eigenvalue weighted by Crippen LogP contribution is -2.29. The van der Waals surface area contributed by atoms with Gasteiger partial charge in [0.05, 0.1) is 11.4 Å². The Balaban J connectivity index is 2.95. The van der Waals surface area contributed by atoms with Gasteiger partial charge in [0.1, 0.15) is 11.4 Å². The highest BCUT2D eigenvalue weighted by molar-refractivity contribution is 7.89. The van der Waals surface area contributed by atoms with E-state index in [1.165, 1.54) is 13.8 Å². The molecule has 1 heterocycles. The smallest absolute Gasteiger partial charge is 0.325 e. The number of nitrogens with one attached hydrogen (secondary N) is 1. The number of aromatic nitrogens is 2. The predicted octanol–water partition coefficient (Wildman–Crippen LogP) is -0.369. The van der Waals surface area contributed by atoms with Gasteiger partial charge in [0.25, 0.3) is 0 Å². The minimum Gasteiger partial charge on any atom is -0.480 e. The molecule has 120 valence electrons. The molecule has 0 amide bonds. The molecular weight excluding hydrogens is 318 g/mol. The molecule has 0 aliphatic heterocycles. The van der Waals surface area contributed by atoms with Crippen LogP contribution in [-0.2, 0) is 32.2 Å². The van der Waals surface area contributed by atoms with Crippen molar-refractivity contribution < 1.29 is 22.5 Å². The number of sulfonamides is 1. The van der Waals surface area contributed by atoms with Crippen LogP contribution in [0.15, 0.2) is 4.90 Å². The maximum Gasteiger partial charge on any atom is 0.325 e. The SMILES string of the molecule is CCS(=O)CCNS(=O)(=O)c1c(C)nn(CC(=O)O)c1C. The average molecular weight is 337 g/mol. The lowest BCUT2D eigenvalue weighted by Gasteiger charge is -2.07. The van der Waals surface area contributed by atoms with Gasteiger partial charge in [-0.05, 0) is 13.8 Å². The third kappa shape index (κ3) is 4.61. The third-order valence-corrected chi connectivity index (χ3v) is 5.83. The van der Waals surface area contributed by atoms with Gasteiger partial charge in [0.2, 0.25) is 10.0 Å². The standard InChI is InChI=1S/C11H19N3O5S2/c1-4-20(17)6-5-12-21(18,19)11-8(2)13-14(9(11)3)7-10(15)16/h12H,4-7H2,1-3H3,(H,15,16). The van der Waals surface area contributed by atoms with E-state index in [0.29, 0.717) is 5.75 Å². The first-order chi connectivity index (χ1) is 9.69. The molecule has 2 N–H and O–H groups in total. The van der Waals surface area contributed by atoms with E-state index in [0.717, 1.165) is 4.68 Å². The zero-order valence-corrected chi connectivity index (χ0v) is 13.8. The van der Waals surface area contributed by atoms with Gasteiger partial charge in [-0.1, -0.05) is 6.92 Å². The first-order valence-electron chi connectivity index (χ1n) is 6.29. The first-order valence-corrected chi connectivity index (χ1v) is 9.26. The molecule has 0 fully saturated rings. The molecule has 1 unspecified atom stereocenters. The largest absolute Gasteiger partial charge is 0.480 e. The molecule has 1 rings (SSSR count). The molecule has 0 saturated carbocycles. The van der Waals surface area contributed by atoms with Crippen LogP contribution in [0.3, 0.4) is 0 Å². The summed E-state index contributed by atoms with van der Waals surface area (Å²) in [5, 5.41) is 12.7. The van der Waals surface area contributed by atoms with E-state index in [9.17, 15) is 17.4 Å². The summed E-state index contributed by atoms with van der Waals surface area (Å²) in [4.78, 5) is 10.7. The van der Waals surface area contributed by atoms with Crippen molar-refractivity contribution in [1.82, 2.24) is 14.5 Å². The number of hydrogen-bond acceptors (Lipinski definition) is 5. The summed E-state index contributed by atoms with van der Waals surface area (Å²) < 4.78 is 39.3. The van der Waals surface area contributed by atoms with Crippen LogP contribution in [0.25, 0.3) is 0 Å². The Hall–Kier alpha value is -1.26. The van der Waals surface area contributed by atoms with Crippen molar-refractivity contribution >= 4 is 26.8 Å². The van der Waals surface area contributed by atoms with Gasteiger partial charge in [0.15, 0.2) is 0 Å². The van der Waals surface area contributed by atoms with Crippen LogP contribution >= 0.6 is 0 Å². The van der Waals surface area contributed by atoms with Gasteiger partial charge in [-0.3, -0.25) is 13.7 Å². The van der Waals surface area contributed by atoms with Gasteiger partial charge < -0.3 is 5.11 Å². The van der Waals surface area contributed by atoms with Crippen LogP contribution in [0.1, 0.15) is 18.3 Å². The molecule has 1 aromatic heterocycles. The molecule has 0 saturated heterocycles. The van der Waals surface area contributed by atoms with Gasteiger partial charge in [0, 0.05) is 28.9 Å². The van der Waals surface area contributed by atoms with Gasteiger partial charge in [-0.25, -0.2) is 13.1 Å². The van der Waals surface area contributed by atoms with Crippen LogP contribution in [0.4, 0.5) is 0 Å². The fourth-order valence-corrected chi connectivity index (χ4v) is 4.04. The highest BCUT2D eigenvalue weighted by atomic mass is 32.2. The van der Waals surface area contributed by atoms with Gasteiger partial charge in [-0.2, -0.15) is 5.10 Å². The molecule has 0 bridgehead atoms. The highest BCUT2D eigenvalue weighted by Gasteiger charge is 2.24. The molecule has 1 aromatic rings. The molecule has 21 heavy (non-hydrogen) atoms. The molecule has 0 aliphatic rings. The molecule has 0 aliphatic carbocycles. The average Bonchev–Trinajstić information content (AvgIpc) is 2.63. The second kappa shape index (κ2) is 7.14.